The van der Waals surface area contributed by atoms with Gasteiger partial charge in [0.25, 0.3) is 0 Å². The highest BCUT2D eigenvalue weighted by Gasteiger charge is 2.16. The van der Waals surface area contributed by atoms with E-state index in [4.69, 9.17) is 9.47 Å². The molecule has 5 heteroatoms. The minimum Gasteiger partial charge on any atom is -0.462 e. The first-order chi connectivity index (χ1) is 22.6. The van der Waals surface area contributed by atoms with Crippen molar-refractivity contribution in [3.05, 3.63) is 12.2 Å². The molecule has 0 saturated carbocycles. The Balaban J connectivity index is 3.51. The fourth-order valence-corrected chi connectivity index (χ4v) is 5.96. The van der Waals surface area contributed by atoms with E-state index in [1.54, 1.807) is 0 Å². The van der Waals surface area contributed by atoms with Crippen LogP contribution < -0.4 is 0 Å². The first-order valence-electron chi connectivity index (χ1n) is 20.2. The van der Waals surface area contributed by atoms with Gasteiger partial charge in [0.15, 0.2) is 6.10 Å². The molecule has 0 saturated heterocycles. The molecule has 0 aromatic carbocycles. The lowest BCUT2D eigenvalue weighted by Gasteiger charge is -2.15. The number of esters is 2. The number of ether oxygens (including phenoxy) is 2. The average Bonchev–Trinajstić information content (AvgIpc) is 3.06. The molecule has 0 fully saturated rings. The number of aliphatic hydroxyl groups is 1. The Kier molecular flexibility index (Phi) is 37.0. The van der Waals surface area contributed by atoms with Crippen molar-refractivity contribution in [2.45, 2.75) is 225 Å². The molecule has 0 unspecified atom stereocenters. The molecule has 5 nitrogen and oxygen atoms in total. The third-order valence-corrected chi connectivity index (χ3v) is 9.06. The standard InChI is InChI=1S/C41H78O5/c1-3-5-7-9-11-13-15-17-19-20-21-22-24-26-28-30-32-34-36-41(44)46-39(37-42)38-45-40(43)35-33-31-29-27-25-23-18-16-14-12-10-8-6-4-2/h16,18,39,42H,3-15,17,19-38H2,1-2H3/b18-16+/t39-/m0/s1. The summed E-state index contributed by atoms with van der Waals surface area (Å²) in [5.74, 6) is -0.590. The van der Waals surface area contributed by atoms with Gasteiger partial charge in [-0.2, -0.15) is 0 Å². The van der Waals surface area contributed by atoms with Crippen molar-refractivity contribution in [3.63, 3.8) is 0 Å². The predicted molar refractivity (Wildman–Crippen MR) is 196 cm³/mol. The maximum Gasteiger partial charge on any atom is 0.306 e. The zero-order chi connectivity index (χ0) is 33.6. The largest absolute Gasteiger partial charge is 0.462 e. The zero-order valence-electron chi connectivity index (χ0n) is 30.9. The van der Waals surface area contributed by atoms with Gasteiger partial charge < -0.3 is 14.6 Å². The summed E-state index contributed by atoms with van der Waals surface area (Å²) in [6.07, 6.45) is 42.7. The van der Waals surface area contributed by atoms with Gasteiger partial charge in [-0.1, -0.05) is 180 Å². The molecule has 1 N–H and O–H groups in total. The topological polar surface area (TPSA) is 72.8 Å². The lowest BCUT2D eigenvalue weighted by Crippen LogP contribution is -2.28. The summed E-state index contributed by atoms with van der Waals surface area (Å²) in [5.41, 5.74) is 0. The normalized spacial score (nSPS) is 12.2. The average molecular weight is 651 g/mol. The molecule has 272 valence electrons. The van der Waals surface area contributed by atoms with Crippen molar-refractivity contribution in [1.29, 1.82) is 0 Å². The van der Waals surface area contributed by atoms with Crippen molar-refractivity contribution >= 4 is 11.9 Å². The number of unbranched alkanes of at least 4 members (excludes halogenated alkanes) is 27. The molecule has 0 aliphatic carbocycles. The molecule has 0 spiro atoms. The van der Waals surface area contributed by atoms with Crippen LogP contribution in [-0.4, -0.2) is 36.4 Å². The van der Waals surface area contributed by atoms with Crippen LogP contribution in [0.4, 0.5) is 0 Å². The molecule has 0 aromatic rings. The summed E-state index contributed by atoms with van der Waals surface area (Å²) in [5, 5.41) is 9.55. The van der Waals surface area contributed by atoms with Crippen LogP contribution >= 0.6 is 0 Å². The minimum atomic E-state index is -0.767. The second-order valence-electron chi connectivity index (χ2n) is 13.7. The van der Waals surface area contributed by atoms with Crippen LogP contribution in [0.25, 0.3) is 0 Å². The number of carbonyl (C=O) groups is 2. The van der Waals surface area contributed by atoms with Gasteiger partial charge >= 0.3 is 11.9 Å². The third-order valence-electron chi connectivity index (χ3n) is 9.06. The Morgan fingerprint density at radius 2 is 0.804 bits per heavy atom. The predicted octanol–water partition coefficient (Wildman–Crippen LogP) is 12.5. The van der Waals surface area contributed by atoms with Gasteiger partial charge in [-0.25, -0.2) is 0 Å². The smallest absolute Gasteiger partial charge is 0.306 e. The SMILES string of the molecule is CCCCCCC/C=C/CCCCCCCC(=O)OC[C@H](CO)OC(=O)CCCCCCCCCCCCCCCCCCCC. The fraction of sp³-hybridized carbons (Fsp3) is 0.902. The summed E-state index contributed by atoms with van der Waals surface area (Å²) in [4.78, 5) is 24.2. The first kappa shape index (κ1) is 44.6. The maximum atomic E-state index is 12.2. The minimum absolute atomic E-state index is 0.0643. The van der Waals surface area contributed by atoms with E-state index in [1.165, 1.54) is 148 Å². The molecule has 0 heterocycles. The Morgan fingerprint density at radius 1 is 0.478 bits per heavy atom. The van der Waals surface area contributed by atoms with Gasteiger partial charge in [0.05, 0.1) is 6.61 Å². The van der Waals surface area contributed by atoms with E-state index in [0.29, 0.717) is 12.8 Å². The van der Waals surface area contributed by atoms with E-state index in [1.807, 2.05) is 0 Å². The highest BCUT2D eigenvalue weighted by Crippen LogP contribution is 2.15. The number of rotatable bonds is 37. The summed E-state index contributed by atoms with van der Waals surface area (Å²) >= 11 is 0. The van der Waals surface area contributed by atoms with E-state index in [-0.39, 0.29) is 25.2 Å². The molecular weight excluding hydrogens is 572 g/mol. The van der Waals surface area contributed by atoms with E-state index < -0.39 is 6.10 Å². The van der Waals surface area contributed by atoms with Crippen LogP contribution in [0, 0.1) is 0 Å². The van der Waals surface area contributed by atoms with E-state index in [9.17, 15) is 14.7 Å². The zero-order valence-corrected chi connectivity index (χ0v) is 30.9. The van der Waals surface area contributed by atoms with Gasteiger partial charge in [0.1, 0.15) is 6.61 Å². The van der Waals surface area contributed by atoms with Crippen LogP contribution in [0.3, 0.4) is 0 Å². The monoisotopic (exact) mass is 651 g/mol. The van der Waals surface area contributed by atoms with Crippen LogP contribution in [0.1, 0.15) is 219 Å². The quantitative estimate of drug-likeness (QED) is 0.0411. The summed E-state index contributed by atoms with van der Waals surface area (Å²) < 4.78 is 10.6. The van der Waals surface area contributed by atoms with E-state index in [2.05, 4.69) is 26.0 Å². The molecule has 0 bridgehead atoms. The molecule has 0 aromatic heterocycles. The highest BCUT2D eigenvalue weighted by atomic mass is 16.6. The Labute approximate surface area is 286 Å². The van der Waals surface area contributed by atoms with Gasteiger partial charge in [0.2, 0.25) is 0 Å². The van der Waals surface area contributed by atoms with Gasteiger partial charge in [-0.15, -0.1) is 0 Å². The molecule has 0 aliphatic rings. The molecule has 1 atom stereocenters. The fourth-order valence-electron chi connectivity index (χ4n) is 5.96. The van der Waals surface area contributed by atoms with E-state index in [0.717, 1.165) is 44.9 Å². The van der Waals surface area contributed by atoms with Gasteiger partial charge in [0, 0.05) is 12.8 Å². The Bertz CT molecular complexity index is 661. The lowest BCUT2D eigenvalue weighted by atomic mass is 10.0. The van der Waals surface area contributed by atoms with Crippen LogP contribution in [0.2, 0.25) is 0 Å². The van der Waals surface area contributed by atoms with Crippen LogP contribution in [-0.2, 0) is 19.1 Å². The second-order valence-corrected chi connectivity index (χ2v) is 13.7. The second kappa shape index (κ2) is 38.1. The lowest BCUT2D eigenvalue weighted by molar-refractivity contribution is -0.161. The number of carbonyl (C=O) groups excluding carboxylic acids is 2. The maximum absolute atomic E-state index is 12.2. The number of hydrogen-bond acceptors (Lipinski definition) is 5. The van der Waals surface area contributed by atoms with Crippen molar-refractivity contribution in [3.8, 4) is 0 Å². The van der Waals surface area contributed by atoms with Crippen molar-refractivity contribution < 1.29 is 24.2 Å². The summed E-state index contributed by atoms with van der Waals surface area (Å²) in [6.45, 7) is 4.14. The third kappa shape index (κ3) is 35.5. The molecule has 0 radical (unpaired) electrons. The van der Waals surface area contributed by atoms with Crippen LogP contribution in [0.15, 0.2) is 12.2 Å². The summed E-state index contributed by atoms with van der Waals surface area (Å²) in [7, 11) is 0. The Morgan fingerprint density at radius 3 is 1.17 bits per heavy atom. The molecular formula is C41H78O5. The van der Waals surface area contributed by atoms with Gasteiger partial charge in [-0.05, 0) is 38.5 Å². The van der Waals surface area contributed by atoms with Crippen molar-refractivity contribution in [1.82, 2.24) is 0 Å². The molecule has 0 rings (SSSR count). The first-order valence-corrected chi connectivity index (χ1v) is 20.2. The molecule has 46 heavy (non-hydrogen) atoms. The van der Waals surface area contributed by atoms with Crippen LogP contribution in [0.5, 0.6) is 0 Å². The molecule has 0 aliphatic heterocycles. The number of allylic oxidation sites excluding steroid dienone is 2. The van der Waals surface area contributed by atoms with Gasteiger partial charge in [-0.3, -0.25) is 9.59 Å². The highest BCUT2D eigenvalue weighted by molar-refractivity contribution is 5.70. The summed E-state index contributed by atoms with van der Waals surface area (Å²) in [6, 6.07) is 0. The number of aliphatic hydroxyl groups excluding tert-OH is 1. The van der Waals surface area contributed by atoms with Crippen molar-refractivity contribution in [2.75, 3.05) is 13.2 Å². The molecule has 0 amide bonds. The number of hydrogen-bond donors (Lipinski definition) is 1. The van der Waals surface area contributed by atoms with Crippen molar-refractivity contribution in [2.24, 2.45) is 0 Å². The van der Waals surface area contributed by atoms with E-state index >= 15 is 0 Å². The Hall–Kier alpha value is -1.36.